The summed E-state index contributed by atoms with van der Waals surface area (Å²) in [5, 5.41) is 0. The van der Waals surface area contributed by atoms with Crippen LogP contribution in [0.15, 0.2) is 0 Å². The second kappa shape index (κ2) is 2.70. The van der Waals surface area contributed by atoms with Gasteiger partial charge in [0.15, 0.2) is 0 Å². The van der Waals surface area contributed by atoms with Gasteiger partial charge in [0.25, 0.3) is 0 Å². The molecule has 4 heteroatoms. The first-order chi connectivity index (χ1) is 1.73. The standard InChI is InChI=1S/AsH3S3/c2-1(3)4/h1H,(H2,2,3,4). The van der Waals surface area contributed by atoms with Crippen molar-refractivity contribution in [3.05, 3.63) is 0 Å². The minimum atomic E-state index is -1.36. The third-order valence-corrected chi connectivity index (χ3v) is 0. The second-order valence-electron chi connectivity index (χ2n) is 0.283. The van der Waals surface area contributed by atoms with Gasteiger partial charge in [-0.2, -0.15) is 0 Å². The van der Waals surface area contributed by atoms with Crippen molar-refractivity contribution in [1.29, 1.82) is 0 Å². The Hall–Kier alpha value is 1.48. The Labute approximate surface area is 42.8 Å². The monoisotopic (exact) mass is 174 g/mol. The van der Waals surface area contributed by atoms with Crippen molar-refractivity contribution in [3.8, 4) is 0 Å². The fourth-order valence-corrected chi connectivity index (χ4v) is 0. The number of hydrogen-bond donors (Lipinski definition) is 2. The molecule has 0 fully saturated rings. The summed E-state index contributed by atoms with van der Waals surface area (Å²) in [4.78, 5) is 0. The zero-order valence-electron chi connectivity index (χ0n) is 1.80. The van der Waals surface area contributed by atoms with E-state index in [1.807, 2.05) is 0 Å². The van der Waals surface area contributed by atoms with Gasteiger partial charge in [-0.1, -0.05) is 0 Å². The van der Waals surface area contributed by atoms with E-state index in [4.69, 9.17) is 0 Å². The average Bonchev–Trinajstić information content (AvgIpc) is 0.811. The van der Waals surface area contributed by atoms with Crippen molar-refractivity contribution >= 4 is 42.8 Å². The van der Waals surface area contributed by atoms with E-state index in [2.05, 4.69) is 32.2 Å². The number of thiol groups is 2. The first-order valence-corrected chi connectivity index (χ1v) is 10.2. The van der Waals surface area contributed by atoms with Gasteiger partial charge in [0, 0.05) is 0 Å². The molecule has 0 aliphatic rings. The van der Waals surface area contributed by atoms with E-state index in [0.717, 1.165) is 0 Å². The summed E-state index contributed by atoms with van der Waals surface area (Å²) in [5.41, 5.74) is 0. The summed E-state index contributed by atoms with van der Waals surface area (Å²) in [6, 6.07) is 0. The molecule has 0 spiro atoms. The van der Waals surface area contributed by atoms with Crippen LogP contribution in [0.4, 0.5) is 0 Å². The molecule has 0 N–H and O–H groups in total. The molecule has 0 saturated carbocycles. The van der Waals surface area contributed by atoms with Crippen LogP contribution in [0.2, 0.25) is 0 Å². The zero-order chi connectivity index (χ0) is 3.58. The Morgan fingerprint density at radius 3 is 1.50 bits per heavy atom. The molecule has 4 heavy (non-hydrogen) atoms. The van der Waals surface area contributed by atoms with Gasteiger partial charge in [-0.25, -0.2) is 0 Å². The van der Waals surface area contributed by atoms with Crippen LogP contribution in [-0.4, -0.2) is 10.7 Å². The fraction of sp³-hybridized carbons (Fsp3) is 0. The number of rotatable bonds is 0. The zero-order valence-corrected chi connectivity index (χ0v) is 6.51. The molecule has 0 unspecified atom stereocenters. The van der Waals surface area contributed by atoms with E-state index in [0.29, 0.717) is 0 Å². The van der Waals surface area contributed by atoms with Crippen LogP contribution >= 0.6 is 32.2 Å². The summed E-state index contributed by atoms with van der Waals surface area (Å²) in [6.07, 6.45) is 0. The van der Waals surface area contributed by atoms with Crippen LogP contribution in [0.5, 0.6) is 0 Å². The summed E-state index contributed by atoms with van der Waals surface area (Å²) in [7, 11) is 10.8. The van der Waals surface area contributed by atoms with Gasteiger partial charge in [-0.05, 0) is 0 Å². The van der Waals surface area contributed by atoms with Crippen LogP contribution in [-0.2, 0) is 0 Å². The summed E-state index contributed by atoms with van der Waals surface area (Å²) in [6.45, 7) is 0. The maximum absolute atomic E-state index is 4.52. The molecule has 0 aromatic heterocycles. The molecule has 0 atom stereocenters. The molecule has 0 aliphatic carbocycles. The quantitative estimate of drug-likeness (QED) is 0.404. The summed E-state index contributed by atoms with van der Waals surface area (Å²) < 4.78 is 0. The van der Waals surface area contributed by atoms with Gasteiger partial charge in [-0.3, -0.25) is 0 Å². The first kappa shape index (κ1) is 5.48. The average molecular weight is 174 g/mol. The van der Waals surface area contributed by atoms with E-state index >= 15 is 0 Å². The normalized spacial score (nSPS) is 8.75. The van der Waals surface area contributed by atoms with Crippen molar-refractivity contribution < 1.29 is 0 Å². The third kappa shape index (κ3) is 9.78. The van der Waals surface area contributed by atoms with E-state index in [-0.39, 0.29) is 0 Å². The molecule has 0 heterocycles. The Balaban J connectivity index is 2.80. The van der Waals surface area contributed by atoms with E-state index in [1.165, 1.54) is 0 Å². The number of hydrogen-bond acceptors (Lipinski definition) is 1. The predicted octanol–water partition coefficient (Wildman–Crippen LogP) is 0.761. The van der Waals surface area contributed by atoms with Crippen molar-refractivity contribution in [2.24, 2.45) is 0 Å². The predicted molar refractivity (Wildman–Crippen MR) is 32.7 cm³/mol. The topological polar surface area (TPSA) is 0 Å². The third-order valence-electron chi connectivity index (χ3n) is 0. The Bertz CT molecular complexity index is 26.3. The van der Waals surface area contributed by atoms with Gasteiger partial charge in [0.1, 0.15) is 0 Å². The molecule has 0 aliphatic heterocycles. The molecular weight excluding hydrogens is 171 g/mol. The fourth-order valence-electron chi connectivity index (χ4n) is 0. The molecule has 0 rings (SSSR count). The Morgan fingerprint density at radius 2 is 1.50 bits per heavy atom. The Kier molecular flexibility index (Phi) is 3.70. The SMILES string of the molecule is S=[AsH](S)S. The van der Waals surface area contributed by atoms with Crippen LogP contribution < -0.4 is 0 Å². The van der Waals surface area contributed by atoms with Gasteiger partial charge >= 0.3 is 42.8 Å². The molecule has 0 aromatic rings. The van der Waals surface area contributed by atoms with Crippen LogP contribution in [0.1, 0.15) is 0 Å². The van der Waals surface area contributed by atoms with Crippen molar-refractivity contribution in [3.63, 3.8) is 0 Å². The van der Waals surface area contributed by atoms with Gasteiger partial charge in [0.05, 0.1) is 0 Å². The molecule has 0 radical (unpaired) electrons. The molecule has 0 saturated heterocycles. The van der Waals surface area contributed by atoms with Crippen molar-refractivity contribution in [1.82, 2.24) is 0 Å². The van der Waals surface area contributed by atoms with Crippen LogP contribution in [0.25, 0.3) is 0 Å². The van der Waals surface area contributed by atoms with Crippen LogP contribution in [0.3, 0.4) is 0 Å². The maximum atomic E-state index is 4.52. The van der Waals surface area contributed by atoms with Gasteiger partial charge in [0.2, 0.25) is 0 Å². The first-order valence-electron chi connectivity index (χ1n) is 0.651. The van der Waals surface area contributed by atoms with E-state index < -0.39 is 10.7 Å². The molecule has 26 valence electrons. The molecule has 0 bridgehead atoms. The summed E-state index contributed by atoms with van der Waals surface area (Å²) >= 11 is 0. The van der Waals surface area contributed by atoms with Gasteiger partial charge in [-0.15, -0.1) is 0 Å². The van der Waals surface area contributed by atoms with Gasteiger partial charge < -0.3 is 0 Å². The molecule has 0 aromatic carbocycles. The van der Waals surface area contributed by atoms with Crippen LogP contribution in [0, 0.1) is 0 Å². The molecular formula is H3AsS3. The molecule has 0 nitrogen and oxygen atoms in total. The van der Waals surface area contributed by atoms with Crippen molar-refractivity contribution in [2.45, 2.75) is 0 Å². The van der Waals surface area contributed by atoms with E-state index in [9.17, 15) is 0 Å². The Morgan fingerprint density at radius 1 is 1.50 bits per heavy atom. The second-order valence-corrected chi connectivity index (χ2v) is 13.2. The summed E-state index contributed by atoms with van der Waals surface area (Å²) in [5.74, 6) is 0. The molecule has 0 amide bonds. The van der Waals surface area contributed by atoms with Crippen molar-refractivity contribution in [2.75, 3.05) is 0 Å². The van der Waals surface area contributed by atoms with E-state index in [1.54, 1.807) is 0 Å². The minimum absolute atomic E-state index is 1.36.